The van der Waals surface area contributed by atoms with Crippen LogP contribution in [0, 0.1) is 0 Å². The Kier molecular flexibility index (Phi) is 8.11. The number of benzene rings is 2. The van der Waals surface area contributed by atoms with Crippen molar-refractivity contribution >= 4 is 23.2 Å². The Bertz CT molecular complexity index is 986. The standard InChI is InChI=1S/C24H27N3O4/c1-2-3-12-30-21-10-5-8-19(15-21)25-17-23(28)27-20-9-4-7-18(14-20)24(29)26-16-22-11-6-13-31-22/h4-11,13-15,25H,2-3,12,16-17H2,1H3,(H,26,29)(H,27,28). The summed E-state index contributed by atoms with van der Waals surface area (Å²) in [6.45, 7) is 3.18. The smallest absolute Gasteiger partial charge is 0.251 e. The van der Waals surface area contributed by atoms with E-state index in [0.717, 1.165) is 24.3 Å². The fourth-order valence-electron chi connectivity index (χ4n) is 2.84. The Morgan fingerprint density at radius 2 is 1.84 bits per heavy atom. The Balaban J connectivity index is 1.48. The van der Waals surface area contributed by atoms with Crippen LogP contribution in [0.3, 0.4) is 0 Å². The molecule has 0 spiro atoms. The summed E-state index contributed by atoms with van der Waals surface area (Å²) in [7, 11) is 0. The zero-order valence-corrected chi connectivity index (χ0v) is 17.5. The molecule has 3 aromatic rings. The Hall–Kier alpha value is -3.74. The first-order valence-corrected chi connectivity index (χ1v) is 10.3. The van der Waals surface area contributed by atoms with Crippen molar-refractivity contribution in [2.24, 2.45) is 0 Å². The topological polar surface area (TPSA) is 92.6 Å². The van der Waals surface area contributed by atoms with Crippen LogP contribution >= 0.6 is 0 Å². The third-order valence-corrected chi connectivity index (χ3v) is 4.47. The summed E-state index contributed by atoms with van der Waals surface area (Å²) in [6.07, 6.45) is 3.63. The van der Waals surface area contributed by atoms with Gasteiger partial charge in [0.2, 0.25) is 5.91 Å². The second kappa shape index (κ2) is 11.4. The van der Waals surface area contributed by atoms with Crippen LogP contribution in [0.15, 0.2) is 71.3 Å². The van der Waals surface area contributed by atoms with Crippen molar-refractivity contribution in [1.82, 2.24) is 5.32 Å². The lowest BCUT2D eigenvalue weighted by atomic mass is 10.2. The van der Waals surface area contributed by atoms with Gasteiger partial charge >= 0.3 is 0 Å². The van der Waals surface area contributed by atoms with Crippen LogP contribution in [-0.2, 0) is 11.3 Å². The van der Waals surface area contributed by atoms with Gasteiger partial charge < -0.3 is 25.1 Å². The average molecular weight is 421 g/mol. The molecule has 0 aliphatic heterocycles. The number of hydrogen-bond donors (Lipinski definition) is 3. The van der Waals surface area contributed by atoms with Crippen LogP contribution < -0.4 is 20.7 Å². The van der Waals surface area contributed by atoms with E-state index in [2.05, 4.69) is 22.9 Å². The molecule has 3 rings (SSSR count). The van der Waals surface area contributed by atoms with Crippen molar-refractivity contribution in [3.8, 4) is 5.75 Å². The maximum atomic E-state index is 12.3. The molecule has 0 aliphatic rings. The first-order valence-electron chi connectivity index (χ1n) is 10.3. The minimum atomic E-state index is -0.245. The van der Waals surface area contributed by atoms with Crippen LogP contribution in [-0.4, -0.2) is 25.0 Å². The number of hydrogen-bond acceptors (Lipinski definition) is 5. The predicted molar refractivity (Wildman–Crippen MR) is 120 cm³/mol. The van der Waals surface area contributed by atoms with Gasteiger partial charge in [-0.15, -0.1) is 0 Å². The summed E-state index contributed by atoms with van der Waals surface area (Å²) in [5.41, 5.74) is 1.80. The zero-order valence-electron chi connectivity index (χ0n) is 17.5. The largest absolute Gasteiger partial charge is 0.494 e. The highest BCUT2D eigenvalue weighted by molar-refractivity contribution is 5.98. The Morgan fingerprint density at radius 1 is 1.00 bits per heavy atom. The van der Waals surface area contributed by atoms with Crippen molar-refractivity contribution in [2.45, 2.75) is 26.3 Å². The fraction of sp³-hybridized carbons (Fsp3) is 0.250. The van der Waals surface area contributed by atoms with Gasteiger partial charge in [0.05, 0.1) is 26.0 Å². The van der Waals surface area contributed by atoms with E-state index in [1.807, 2.05) is 24.3 Å². The minimum absolute atomic E-state index is 0.0906. The molecular formula is C24H27N3O4. The van der Waals surface area contributed by atoms with Crippen LogP contribution in [0.5, 0.6) is 5.75 Å². The molecule has 0 atom stereocenters. The van der Waals surface area contributed by atoms with Crippen molar-refractivity contribution in [1.29, 1.82) is 0 Å². The summed E-state index contributed by atoms with van der Waals surface area (Å²) in [5, 5.41) is 8.67. The zero-order chi connectivity index (χ0) is 21.9. The molecule has 3 N–H and O–H groups in total. The van der Waals surface area contributed by atoms with Gasteiger partial charge in [-0.1, -0.05) is 25.5 Å². The van der Waals surface area contributed by atoms with E-state index in [1.54, 1.807) is 42.7 Å². The maximum Gasteiger partial charge on any atom is 0.251 e. The van der Waals surface area contributed by atoms with Crippen molar-refractivity contribution in [2.75, 3.05) is 23.8 Å². The Labute approximate surface area is 181 Å². The van der Waals surface area contributed by atoms with Gasteiger partial charge in [0.1, 0.15) is 11.5 Å². The fourth-order valence-corrected chi connectivity index (χ4v) is 2.84. The van der Waals surface area contributed by atoms with E-state index in [-0.39, 0.29) is 18.4 Å². The van der Waals surface area contributed by atoms with Crippen molar-refractivity contribution in [3.63, 3.8) is 0 Å². The molecule has 0 saturated heterocycles. The monoisotopic (exact) mass is 421 g/mol. The third-order valence-electron chi connectivity index (χ3n) is 4.47. The van der Waals surface area contributed by atoms with E-state index < -0.39 is 0 Å². The lowest BCUT2D eigenvalue weighted by Crippen LogP contribution is -2.24. The van der Waals surface area contributed by atoms with Gasteiger partial charge in [0.15, 0.2) is 0 Å². The van der Waals surface area contributed by atoms with Gasteiger partial charge in [-0.05, 0) is 48.9 Å². The molecule has 0 radical (unpaired) electrons. The third kappa shape index (κ3) is 7.22. The van der Waals surface area contributed by atoms with Crippen LogP contribution in [0.2, 0.25) is 0 Å². The van der Waals surface area contributed by atoms with Crippen molar-refractivity contribution < 1.29 is 18.7 Å². The van der Waals surface area contributed by atoms with Gasteiger partial charge in [-0.2, -0.15) is 0 Å². The quantitative estimate of drug-likeness (QED) is 0.398. The highest BCUT2D eigenvalue weighted by Gasteiger charge is 2.09. The number of furan rings is 1. The molecular weight excluding hydrogens is 394 g/mol. The normalized spacial score (nSPS) is 10.4. The predicted octanol–water partition coefficient (Wildman–Crippen LogP) is 4.44. The number of anilines is 2. The number of rotatable bonds is 11. The second-order valence-corrected chi connectivity index (χ2v) is 6.97. The van der Waals surface area contributed by atoms with Gasteiger partial charge in [0, 0.05) is 23.0 Å². The van der Waals surface area contributed by atoms with Crippen LogP contribution in [0.25, 0.3) is 0 Å². The van der Waals surface area contributed by atoms with Crippen LogP contribution in [0.1, 0.15) is 35.9 Å². The molecule has 1 heterocycles. The maximum absolute atomic E-state index is 12.3. The summed E-state index contributed by atoms with van der Waals surface area (Å²) in [4.78, 5) is 24.7. The summed E-state index contributed by atoms with van der Waals surface area (Å²) in [5.74, 6) is 0.979. The summed E-state index contributed by atoms with van der Waals surface area (Å²) >= 11 is 0. The SMILES string of the molecule is CCCCOc1cccc(NCC(=O)Nc2cccc(C(=O)NCc3ccco3)c2)c1. The van der Waals surface area contributed by atoms with E-state index in [0.29, 0.717) is 30.2 Å². The van der Waals surface area contributed by atoms with Gasteiger partial charge in [-0.25, -0.2) is 0 Å². The molecule has 0 saturated carbocycles. The number of ether oxygens (including phenoxy) is 1. The molecule has 0 bridgehead atoms. The molecule has 1 aromatic heterocycles. The summed E-state index contributed by atoms with van der Waals surface area (Å²) < 4.78 is 10.9. The van der Waals surface area contributed by atoms with E-state index in [4.69, 9.17) is 9.15 Å². The number of carbonyl (C=O) groups excluding carboxylic acids is 2. The lowest BCUT2D eigenvalue weighted by molar-refractivity contribution is -0.114. The number of carbonyl (C=O) groups is 2. The van der Waals surface area contributed by atoms with E-state index in [1.165, 1.54) is 0 Å². The van der Waals surface area contributed by atoms with E-state index >= 15 is 0 Å². The van der Waals surface area contributed by atoms with Gasteiger partial charge in [0.25, 0.3) is 5.91 Å². The summed E-state index contributed by atoms with van der Waals surface area (Å²) in [6, 6.07) is 17.9. The first-order chi connectivity index (χ1) is 15.1. The average Bonchev–Trinajstić information content (AvgIpc) is 3.30. The molecule has 0 fully saturated rings. The molecule has 7 heteroatoms. The number of unbranched alkanes of at least 4 members (excludes halogenated alkanes) is 1. The minimum Gasteiger partial charge on any atom is -0.494 e. The number of amides is 2. The second-order valence-electron chi connectivity index (χ2n) is 6.97. The molecule has 0 unspecified atom stereocenters. The molecule has 7 nitrogen and oxygen atoms in total. The van der Waals surface area contributed by atoms with Gasteiger partial charge in [-0.3, -0.25) is 9.59 Å². The van der Waals surface area contributed by atoms with E-state index in [9.17, 15) is 9.59 Å². The van der Waals surface area contributed by atoms with Crippen LogP contribution in [0.4, 0.5) is 11.4 Å². The lowest BCUT2D eigenvalue weighted by Gasteiger charge is -2.11. The molecule has 31 heavy (non-hydrogen) atoms. The first kappa shape index (κ1) is 22.0. The number of nitrogens with one attached hydrogen (secondary N) is 3. The molecule has 0 aliphatic carbocycles. The highest BCUT2D eigenvalue weighted by atomic mass is 16.5. The Morgan fingerprint density at radius 3 is 2.65 bits per heavy atom. The molecule has 162 valence electrons. The molecule has 2 amide bonds. The highest BCUT2D eigenvalue weighted by Crippen LogP contribution is 2.18. The molecule has 2 aromatic carbocycles. The van der Waals surface area contributed by atoms with Crippen molar-refractivity contribution in [3.05, 3.63) is 78.3 Å².